The summed E-state index contributed by atoms with van der Waals surface area (Å²) in [6, 6.07) is -1.01. The minimum Gasteiger partial charge on any atom is -0.480 e. The number of H-pyrrole nitrogens is 1. The van der Waals surface area contributed by atoms with Gasteiger partial charge in [0, 0.05) is 5.41 Å². The van der Waals surface area contributed by atoms with Crippen molar-refractivity contribution in [2.75, 3.05) is 0 Å². The Bertz CT molecular complexity index is 508. The fraction of sp³-hybridized carbons (Fsp3) is 0.692. The van der Waals surface area contributed by atoms with Crippen LogP contribution in [0.3, 0.4) is 0 Å². The highest BCUT2D eigenvalue weighted by Gasteiger charge is 2.34. The van der Waals surface area contributed by atoms with Crippen LogP contribution in [0.15, 0.2) is 0 Å². The molecule has 1 aromatic rings. The summed E-state index contributed by atoms with van der Waals surface area (Å²) >= 11 is 0. The normalized spacial score (nSPS) is 13.9. The molecule has 0 aliphatic heterocycles. The summed E-state index contributed by atoms with van der Waals surface area (Å²) in [5.74, 6) is -1.16. The third-order valence-electron chi connectivity index (χ3n) is 2.79. The number of nitrogens with zero attached hydrogens (tertiary/aromatic N) is 2. The van der Waals surface area contributed by atoms with Gasteiger partial charge in [0.15, 0.2) is 0 Å². The van der Waals surface area contributed by atoms with Gasteiger partial charge in [-0.2, -0.15) is 0 Å². The van der Waals surface area contributed by atoms with Gasteiger partial charge in [-0.1, -0.05) is 41.5 Å². The molecule has 1 rings (SSSR count). The molecule has 0 fully saturated rings. The van der Waals surface area contributed by atoms with Crippen LogP contribution in [0.5, 0.6) is 0 Å². The molecule has 0 aliphatic rings. The summed E-state index contributed by atoms with van der Waals surface area (Å²) in [5, 5.41) is 18.2. The molecule has 0 spiro atoms. The van der Waals surface area contributed by atoms with Gasteiger partial charge in [0.1, 0.15) is 11.9 Å². The number of amides is 1. The summed E-state index contributed by atoms with van der Waals surface area (Å²) in [6.07, 6.45) is 0. The second kappa shape index (κ2) is 5.22. The molecule has 0 unspecified atom stereocenters. The number of carbonyl (C=O) groups excluding carboxylic acids is 1. The third kappa shape index (κ3) is 3.79. The lowest BCUT2D eigenvalue weighted by molar-refractivity contribution is -0.142. The molecule has 1 aromatic heterocycles. The highest BCUT2D eigenvalue weighted by Crippen LogP contribution is 2.20. The van der Waals surface area contributed by atoms with Crippen molar-refractivity contribution in [3.63, 3.8) is 0 Å². The Hall–Kier alpha value is -1.92. The van der Waals surface area contributed by atoms with E-state index in [0.29, 0.717) is 5.82 Å². The molecule has 0 aliphatic carbocycles. The summed E-state index contributed by atoms with van der Waals surface area (Å²) in [7, 11) is 0. The van der Waals surface area contributed by atoms with Crippen molar-refractivity contribution in [3.05, 3.63) is 11.6 Å². The molecule has 0 saturated carbocycles. The van der Waals surface area contributed by atoms with Crippen LogP contribution in [0.4, 0.5) is 0 Å². The van der Waals surface area contributed by atoms with Gasteiger partial charge in [0.25, 0.3) is 5.91 Å². The van der Waals surface area contributed by atoms with E-state index in [-0.39, 0.29) is 11.2 Å². The van der Waals surface area contributed by atoms with Crippen molar-refractivity contribution < 1.29 is 14.7 Å². The van der Waals surface area contributed by atoms with E-state index in [1.165, 1.54) is 0 Å². The first-order valence-corrected chi connectivity index (χ1v) is 6.39. The van der Waals surface area contributed by atoms with Crippen molar-refractivity contribution in [1.82, 2.24) is 20.5 Å². The number of nitrogens with one attached hydrogen (secondary N) is 2. The molecule has 3 N–H and O–H groups in total. The molecule has 1 atom stereocenters. The molecule has 1 heterocycles. The number of hydrogen-bond acceptors (Lipinski definition) is 4. The largest absolute Gasteiger partial charge is 0.480 e. The number of aromatic nitrogens is 3. The minimum atomic E-state index is -1.09. The van der Waals surface area contributed by atoms with Crippen LogP contribution in [0.1, 0.15) is 58.0 Å². The Kier molecular flexibility index (Phi) is 4.21. The molecular formula is C13H22N4O3. The van der Waals surface area contributed by atoms with Crippen LogP contribution in [0.2, 0.25) is 0 Å². The summed E-state index contributed by atoms with van der Waals surface area (Å²) < 4.78 is 0. The zero-order valence-electron chi connectivity index (χ0n) is 12.7. The maximum atomic E-state index is 12.0. The number of carboxylic acid groups (broad SMARTS) is 1. The quantitative estimate of drug-likeness (QED) is 0.775. The lowest BCUT2D eigenvalue weighted by atomic mass is 9.87. The molecule has 0 saturated heterocycles. The molecule has 0 aromatic carbocycles. The lowest BCUT2D eigenvalue weighted by Gasteiger charge is -2.27. The Balaban J connectivity index is 2.91. The fourth-order valence-electron chi connectivity index (χ4n) is 1.54. The number of carbonyl (C=O) groups is 2. The average molecular weight is 282 g/mol. The van der Waals surface area contributed by atoms with Crippen LogP contribution in [0, 0.1) is 5.41 Å². The zero-order valence-corrected chi connectivity index (χ0v) is 12.7. The Morgan fingerprint density at radius 3 is 2.10 bits per heavy atom. The topological polar surface area (TPSA) is 108 Å². The van der Waals surface area contributed by atoms with Crippen molar-refractivity contribution >= 4 is 11.9 Å². The first-order chi connectivity index (χ1) is 8.93. The van der Waals surface area contributed by atoms with E-state index in [4.69, 9.17) is 0 Å². The minimum absolute atomic E-state index is 0.0505. The summed E-state index contributed by atoms with van der Waals surface area (Å²) in [4.78, 5) is 27.3. The highest BCUT2D eigenvalue weighted by atomic mass is 16.4. The number of aromatic amines is 1. The van der Waals surface area contributed by atoms with Crippen molar-refractivity contribution in [1.29, 1.82) is 0 Å². The maximum absolute atomic E-state index is 12.0. The Labute approximate surface area is 118 Å². The van der Waals surface area contributed by atoms with Gasteiger partial charge >= 0.3 is 5.97 Å². The highest BCUT2D eigenvalue weighted by molar-refractivity contribution is 5.93. The van der Waals surface area contributed by atoms with Gasteiger partial charge < -0.3 is 10.4 Å². The van der Waals surface area contributed by atoms with Gasteiger partial charge in [-0.3, -0.25) is 9.89 Å². The van der Waals surface area contributed by atoms with E-state index in [9.17, 15) is 14.7 Å². The Morgan fingerprint density at radius 1 is 1.20 bits per heavy atom. The fourth-order valence-corrected chi connectivity index (χ4v) is 1.54. The monoisotopic (exact) mass is 282 g/mol. The maximum Gasteiger partial charge on any atom is 0.326 e. The smallest absolute Gasteiger partial charge is 0.326 e. The average Bonchev–Trinajstić information content (AvgIpc) is 2.71. The number of carboxylic acids is 1. The van der Waals surface area contributed by atoms with E-state index in [1.54, 1.807) is 20.8 Å². The van der Waals surface area contributed by atoms with Crippen LogP contribution >= 0.6 is 0 Å². The summed E-state index contributed by atoms with van der Waals surface area (Å²) in [5.41, 5.74) is -0.869. The van der Waals surface area contributed by atoms with E-state index >= 15 is 0 Å². The van der Waals surface area contributed by atoms with Gasteiger partial charge in [0.2, 0.25) is 5.82 Å². The predicted molar refractivity (Wildman–Crippen MR) is 73.4 cm³/mol. The second-order valence-corrected chi connectivity index (χ2v) is 6.87. The van der Waals surface area contributed by atoms with Crippen LogP contribution in [-0.4, -0.2) is 38.2 Å². The molecule has 7 nitrogen and oxygen atoms in total. The van der Waals surface area contributed by atoms with E-state index < -0.39 is 23.3 Å². The predicted octanol–water partition coefficient (Wildman–Crippen LogP) is 1.33. The standard InChI is InChI=1S/C13H22N4O3/c1-12(2,3)7(10(19)20)14-9(18)8-15-11(17-16-8)13(4,5)6/h7H,1-6H3,(H,14,18)(H,19,20)(H,15,16,17)/t7-/m0/s1. The van der Waals surface area contributed by atoms with Gasteiger partial charge in [0.05, 0.1) is 0 Å². The van der Waals surface area contributed by atoms with Crippen molar-refractivity contribution in [2.24, 2.45) is 5.41 Å². The molecule has 0 bridgehead atoms. The van der Waals surface area contributed by atoms with E-state index in [2.05, 4.69) is 20.5 Å². The molecule has 7 heteroatoms. The second-order valence-electron chi connectivity index (χ2n) is 6.87. The first-order valence-electron chi connectivity index (χ1n) is 6.39. The lowest BCUT2D eigenvalue weighted by Crippen LogP contribution is -2.49. The van der Waals surface area contributed by atoms with Gasteiger partial charge in [-0.25, -0.2) is 9.78 Å². The molecule has 112 valence electrons. The van der Waals surface area contributed by atoms with Gasteiger partial charge in [-0.05, 0) is 5.41 Å². The molecule has 0 radical (unpaired) electrons. The van der Waals surface area contributed by atoms with E-state index in [1.807, 2.05) is 20.8 Å². The number of hydrogen-bond donors (Lipinski definition) is 3. The van der Waals surface area contributed by atoms with Gasteiger partial charge in [-0.15, -0.1) is 5.10 Å². The SMILES string of the molecule is CC(C)(C)c1nc(C(=O)N[C@@H](C(=O)O)C(C)(C)C)n[nH]1. The van der Waals surface area contributed by atoms with Crippen LogP contribution < -0.4 is 5.32 Å². The first kappa shape index (κ1) is 16.1. The van der Waals surface area contributed by atoms with Crippen LogP contribution in [-0.2, 0) is 10.2 Å². The summed E-state index contributed by atoms with van der Waals surface area (Å²) in [6.45, 7) is 11.0. The van der Waals surface area contributed by atoms with Crippen molar-refractivity contribution in [2.45, 2.75) is 53.0 Å². The van der Waals surface area contributed by atoms with E-state index in [0.717, 1.165) is 0 Å². The number of rotatable bonds is 3. The zero-order chi connectivity index (χ0) is 15.7. The third-order valence-corrected chi connectivity index (χ3v) is 2.79. The Morgan fingerprint density at radius 2 is 1.75 bits per heavy atom. The molecular weight excluding hydrogens is 260 g/mol. The van der Waals surface area contributed by atoms with Crippen molar-refractivity contribution in [3.8, 4) is 0 Å². The van der Waals surface area contributed by atoms with Crippen LogP contribution in [0.25, 0.3) is 0 Å². The molecule has 1 amide bonds. The molecule has 20 heavy (non-hydrogen) atoms. The number of aliphatic carboxylic acids is 1.